The van der Waals surface area contributed by atoms with Gasteiger partial charge in [-0.2, -0.15) is 4.99 Å². The first-order valence-corrected chi connectivity index (χ1v) is 24.2. The SMILES string of the molecule is CC(C)(C)OC(=O)N=C([B]CCOc1cc(-c2ccccc2OCCN=C(NC(=O)OC(C)(C)C)NC(=O)OC(C)(C)C)ccc1CNC(=O)CCSSc1ccccn1)NC(=O)OC(C)(C)C. The van der Waals surface area contributed by atoms with Crippen LogP contribution in [-0.2, 0) is 30.3 Å². The summed E-state index contributed by atoms with van der Waals surface area (Å²) in [7, 11) is 4.55. The van der Waals surface area contributed by atoms with Crippen LogP contribution < -0.4 is 30.7 Å². The topological polar surface area (TPSA) is 226 Å². The Hall–Kier alpha value is -5.96. The Morgan fingerprint density at radius 1 is 0.676 bits per heavy atom. The molecule has 369 valence electrons. The van der Waals surface area contributed by atoms with Gasteiger partial charge >= 0.3 is 24.4 Å². The van der Waals surface area contributed by atoms with Crippen molar-refractivity contribution in [2.75, 3.05) is 25.5 Å². The second-order valence-electron chi connectivity index (χ2n) is 18.7. The van der Waals surface area contributed by atoms with E-state index in [4.69, 9.17) is 28.4 Å². The smallest absolute Gasteiger partial charge is 0.434 e. The average Bonchev–Trinajstić information content (AvgIpc) is 3.19. The van der Waals surface area contributed by atoms with Crippen LogP contribution in [0.1, 0.15) is 95.1 Å². The number of rotatable bonds is 17. The Kier molecular flexibility index (Phi) is 22.0. The van der Waals surface area contributed by atoms with E-state index >= 15 is 0 Å². The number of hydrogen-bond acceptors (Lipinski definition) is 15. The van der Waals surface area contributed by atoms with Gasteiger partial charge in [0, 0.05) is 36.0 Å². The lowest BCUT2D eigenvalue weighted by molar-refractivity contribution is -0.120. The number of pyridine rings is 1. The highest BCUT2D eigenvalue weighted by atomic mass is 33.1. The molecule has 0 aliphatic carbocycles. The molecule has 3 aromatic rings. The van der Waals surface area contributed by atoms with Gasteiger partial charge in [0.15, 0.2) is 0 Å². The van der Waals surface area contributed by atoms with Crippen molar-refractivity contribution in [1.82, 2.24) is 26.3 Å². The normalized spacial score (nSPS) is 11.9. The minimum Gasteiger partial charge on any atom is -0.494 e. The van der Waals surface area contributed by atoms with Crippen LogP contribution in [0.2, 0.25) is 6.32 Å². The Bertz CT molecular complexity index is 2190. The number of nitrogens with one attached hydrogen (secondary N) is 4. The zero-order valence-electron chi connectivity index (χ0n) is 41.0. The Labute approximate surface area is 408 Å². The first-order valence-electron chi connectivity index (χ1n) is 21.9. The number of alkyl carbamates (subject to hydrolysis) is 3. The predicted octanol–water partition coefficient (Wildman–Crippen LogP) is 9.30. The van der Waals surface area contributed by atoms with Crippen LogP contribution in [0.3, 0.4) is 0 Å². The molecule has 0 fully saturated rings. The van der Waals surface area contributed by atoms with Crippen molar-refractivity contribution in [3.05, 3.63) is 72.4 Å². The summed E-state index contributed by atoms with van der Waals surface area (Å²) >= 11 is 0. The minimum absolute atomic E-state index is 0.0150. The molecule has 2 aromatic carbocycles. The quantitative estimate of drug-likeness (QED) is 0.0247. The summed E-state index contributed by atoms with van der Waals surface area (Å²) in [6, 6.07) is 18.5. The largest absolute Gasteiger partial charge is 0.494 e. The molecule has 0 bridgehead atoms. The van der Waals surface area contributed by atoms with Gasteiger partial charge in [-0.1, -0.05) is 47.2 Å². The molecule has 0 aliphatic rings. The fourth-order valence-corrected chi connectivity index (χ4v) is 7.12. The zero-order chi connectivity index (χ0) is 50.5. The van der Waals surface area contributed by atoms with E-state index in [0.29, 0.717) is 28.4 Å². The Balaban J connectivity index is 1.83. The zero-order valence-corrected chi connectivity index (χ0v) is 42.7. The lowest BCUT2D eigenvalue weighted by Gasteiger charge is -2.22. The number of guanidine groups is 1. The van der Waals surface area contributed by atoms with Gasteiger partial charge in [-0.05, 0) is 130 Å². The molecule has 1 radical (unpaired) electrons. The molecule has 0 atom stereocenters. The van der Waals surface area contributed by atoms with Crippen LogP contribution in [0.15, 0.2) is 81.9 Å². The molecule has 1 aromatic heterocycles. The Morgan fingerprint density at radius 2 is 1.26 bits per heavy atom. The standard InChI is InChI=1S/C47H65BN7O11S2/c1-44(2,3)63-40(57)52-38(53-41(58)64-45(4,5)6)48-23-26-61-35-29-31(20-21-32(35)30-51-36(56)22-28-67-68-37-19-15-16-24-49-37)33-17-13-14-18-34(33)62-27-25-50-39(54-42(59)65-46(7,8)9)55-43(60)66-47(10,11)12/h13-21,24,29H,22-23,25-28,30H2,1-12H3,(H,51,56)(H,52,53,57,58)(H2,50,54,55,59,60). The van der Waals surface area contributed by atoms with Crippen LogP contribution in [0, 0.1) is 0 Å². The van der Waals surface area contributed by atoms with E-state index in [9.17, 15) is 24.0 Å². The third-order valence-corrected chi connectivity index (χ3v) is 10.0. The van der Waals surface area contributed by atoms with Gasteiger partial charge in [-0.25, -0.2) is 29.2 Å². The van der Waals surface area contributed by atoms with E-state index in [0.717, 1.165) is 10.6 Å². The van der Waals surface area contributed by atoms with E-state index in [1.165, 1.54) is 28.9 Å². The summed E-state index contributed by atoms with van der Waals surface area (Å²) in [5.74, 6) is 1.19. The summed E-state index contributed by atoms with van der Waals surface area (Å²) in [5.41, 5.74) is -1.20. The maximum Gasteiger partial charge on any atom is 0.434 e. The van der Waals surface area contributed by atoms with Crippen molar-refractivity contribution < 1.29 is 52.4 Å². The van der Waals surface area contributed by atoms with Crippen LogP contribution in [0.25, 0.3) is 11.1 Å². The van der Waals surface area contributed by atoms with Gasteiger partial charge in [0.05, 0.1) is 18.9 Å². The predicted molar refractivity (Wildman–Crippen MR) is 267 cm³/mol. The van der Waals surface area contributed by atoms with E-state index in [1.807, 2.05) is 54.6 Å². The van der Waals surface area contributed by atoms with E-state index in [1.54, 1.807) is 95.3 Å². The molecule has 68 heavy (non-hydrogen) atoms. The van der Waals surface area contributed by atoms with Gasteiger partial charge in [-0.15, -0.1) is 0 Å². The number of ether oxygens (including phenoxy) is 6. The second kappa shape index (κ2) is 26.6. The number of hydrogen-bond donors (Lipinski definition) is 4. The van der Waals surface area contributed by atoms with Crippen molar-refractivity contribution in [1.29, 1.82) is 0 Å². The minimum atomic E-state index is -0.900. The maximum atomic E-state index is 13.0. The van der Waals surface area contributed by atoms with Crippen LogP contribution in [0.5, 0.6) is 11.5 Å². The maximum absolute atomic E-state index is 13.0. The van der Waals surface area contributed by atoms with Crippen LogP contribution in [-0.4, -0.2) is 102 Å². The lowest BCUT2D eigenvalue weighted by Crippen LogP contribution is -2.47. The van der Waals surface area contributed by atoms with Crippen molar-refractivity contribution in [2.24, 2.45) is 9.98 Å². The number of amidine groups is 1. The molecule has 3 rings (SSSR count). The number of carbonyl (C=O) groups excluding carboxylic acids is 5. The fraction of sp³-hybridized carbons (Fsp3) is 0.489. The molecule has 0 saturated carbocycles. The molecule has 18 nitrogen and oxygen atoms in total. The molecule has 0 spiro atoms. The summed E-state index contributed by atoms with van der Waals surface area (Å²) in [5, 5.41) is 11.3. The molecular formula is C47H65BN7O11S2. The number of aliphatic imine (C=N–C) groups is 2. The first kappa shape index (κ1) is 56.4. The van der Waals surface area contributed by atoms with Crippen molar-refractivity contribution in [3.63, 3.8) is 0 Å². The molecule has 0 saturated heterocycles. The molecule has 21 heteroatoms. The number of carbonyl (C=O) groups is 5. The third-order valence-electron chi connectivity index (χ3n) is 7.74. The number of benzene rings is 2. The molecular weight excluding hydrogens is 914 g/mol. The molecule has 0 unspecified atom stereocenters. The summed E-state index contributed by atoms with van der Waals surface area (Å²) < 4.78 is 33.9. The van der Waals surface area contributed by atoms with Crippen molar-refractivity contribution in [2.45, 2.75) is 130 Å². The van der Waals surface area contributed by atoms with Crippen LogP contribution >= 0.6 is 21.6 Å². The van der Waals surface area contributed by atoms with Gasteiger partial charge in [0.25, 0.3) is 0 Å². The van der Waals surface area contributed by atoms with E-state index in [-0.39, 0.29) is 56.6 Å². The summed E-state index contributed by atoms with van der Waals surface area (Å²) in [6.45, 7) is 20.8. The average molecular weight is 979 g/mol. The Morgan fingerprint density at radius 3 is 1.87 bits per heavy atom. The molecule has 0 aliphatic heterocycles. The lowest BCUT2D eigenvalue weighted by atomic mass is 9.73. The highest BCUT2D eigenvalue weighted by molar-refractivity contribution is 8.76. The number of amides is 5. The van der Waals surface area contributed by atoms with Gasteiger partial charge in [-0.3, -0.25) is 20.7 Å². The van der Waals surface area contributed by atoms with Crippen LogP contribution in [0.4, 0.5) is 19.2 Å². The molecule has 5 amide bonds. The highest BCUT2D eigenvalue weighted by Crippen LogP contribution is 2.34. The van der Waals surface area contributed by atoms with Crippen molar-refractivity contribution >= 4 is 70.8 Å². The summed E-state index contributed by atoms with van der Waals surface area (Å²) in [4.78, 5) is 76.0. The number of nitrogens with zero attached hydrogens (tertiary/aromatic N) is 3. The second-order valence-corrected chi connectivity index (χ2v) is 21.1. The molecule has 4 N–H and O–H groups in total. The number of para-hydroxylation sites is 1. The van der Waals surface area contributed by atoms with E-state index < -0.39 is 46.8 Å². The van der Waals surface area contributed by atoms with E-state index in [2.05, 4.69) is 36.2 Å². The van der Waals surface area contributed by atoms with Gasteiger partial charge in [0.1, 0.15) is 45.5 Å². The number of aromatic nitrogens is 1. The fourth-order valence-electron chi connectivity index (χ4n) is 5.25. The van der Waals surface area contributed by atoms with Crippen molar-refractivity contribution in [3.8, 4) is 22.6 Å². The molecule has 1 heterocycles. The van der Waals surface area contributed by atoms with Gasteiger partial charge in [0.2, 0.25) is 19.1 Å². The first-order chi connectivity index (χ1) is 31.7. The van der Waals surface area contributed by atoms with Gasteiger partial charge < -0.3 is 33.7 Å². The summed E-state index contributed by atoms with van der Waals surface area (Å²) in [6.07, 6.45) is -1.16. The highest BCUT2D eigenvalue weighted by Gasteiger charge is 2.23. The third kappa shape index (κ3) is 24.7. The monoisotopic (exact) mass is 978 g/mol.